The van der Waals surface area contributed by atoms with Gasteiger partial charge in [0.25, 0.3) is 0 Å². The summed E-state index contributed by atoms with van der Waals surface area (Å²) in [5.41, 5.74) is 0. The predicted molar refractivity (Wildman–Crippen MR) is 48.9 cm³/mol. The van der Waals surface area contributed by atoms with Gasteiger partial charge in [0, 0.05) is 6.61 Å². The molecule has 0 spiro atoms. The highest BCUT2D eigenvalue weighted by molar-refractivity contribution is 4.83. The van der Waals surface area contributed by atoms with Gasteiger partial charge in [-0.05, 0) is 19.3 Å². The van der Waals surface area contributed by atoms with E-state index in [9.17, 15) is 0 Å². The third kappa shape index (κ3) is 2.38. The van der Waals surface area contributed by atoms with Gasteiger partial charge in [0.2, 0.25) is 0 Å². The molecule has 1 aliphatic rings. The lowest BCUT2D eigenvalue weighted by atomic mass is 10.0. The van der Waals surface area contributed by atoms with Crippen LogP contribution in [0.15, 0.2) is 25.5 Å². The van der Waals surface area contributed by atoms with Crippen LogP contribution in [-0.2, 0) is 9.47 Å². The molecule has 1 rings (SSSR count). The van der Waals surface area contributed by atoms with Crippen LogP contribution in [0.2, 0.25) is 0 Å². The molecule has 0 radical (unpaired) electrons. The van der Waals surface area contributed by atoms with Crippen LogP contribution in [0.3, 0.4) is 0 Å². The molecule has 1 heterocycles. The van der Waals surface area contributed by atoms with Gasteiger partial charge in [-0.25, -0.2) is 0 Å². The topological polar surface area (TPSA) is 18.5 Å². The minimum Gasteiger partial charge on any atom is -0.496 e. The van der Waals surface area contributed by atoms with Crippen molar-refractivity contribution in [1.82, 2.24) is 0 Å². The van der Waals surface area contributed by atoms with Crippen molar-refractivity contribution in [2.24, 2.45) is 0 Å². The summed E-state index contributed by atoms with van der Waals surface area (Å²) in [6, 6.07) is 0. The van der Waals surface area contributed by atoms with Gasteiger partial charge in [-0.2, -0.15) is 0 Å². The summed E-state index contributed by atoms with van der Waals surface area (Å²) in [6.45, 7) is 8.08. The summed E-state index contributed by atoms with van der Waals surface area (Å²) in [5.74, 6) is 0. The van der Waals surface area contributed by atoms with Gasteiger partial charge >= 0.3 is 0 Å². The second kappa shape index (κ2) is 4.99. The molecule has 0 bridgehead atoms. The first-order chi connectivity index (χ1) is 5.88. The molecule has 1 aliphatic heterocycles. The molecule has 2 nitrogen and oxygen atoms in total. The Balaban J connectivity index is 2.41. The molecule has 12 heavy (non-hydrogen) atoms. The van der Waals surface area contributed by atoms with Crippen molar-refractivity contribution < 1.29 is 9.47 Å². The Morgan fingerprint density at radius 2 is 2.33 bits per heavy atom. The van der Waals surface area contributed by atoms with Gasteiger partial charge in [-0.15, -0.1) is 6.58 Å². The van der Waals surface area contributed by atoms with E-state index in [1.54, 1.807) is 0 Å². The number of hydrogen-bond acceptors (Lipinski definition) is 2. The summed E-state index contributed by atoms with van der Waals surface area (Å²) in [5, 5.41) is 0. The Morgan fingerprint density at radius 3 is 3.00 bits per heavy atom. The third-order valence-electron chi connectivity index (χ3n) is 2.05. The maximum atomic E-state index is 5.54. The van der Waals surface area contributed by atoms with Gasteiger partial charge in [0.1, 0.15) is 6.10 Å². The minimum absolute atomic E-state index is 0.175. The van der Waals surface area contributed by atoms with E-state index >= 15 is 0 Å². The van der Waals surface area contributed by atoms with Crippen LogP contribution in [0, 0.1) is 0 Å². The van der Waals surface area contributed by atoms with Crippen molar-refractivity contribution in [3.63, 3.8) is 0 Å². The van der Waals surface area contributed by atoms with Gasteiger partial charge in [-0.1, -0.05) is 12.7 Å². The van der Waals surface area contributed by atoms with Gasteiger partial charge in [-0.3, -0.25) is 0 Å². The molecule has 68 valence electrons. The van der Waals surface area contributed by atoms with Crippen LogP contribution < -0.4 is 0 Å². The van der Waals surface area contributed by atoms with Crippen LogP contribution in [0.4, 0.5) is 0 Å². The highest BCUT2D eigenvalue weighted by Crippen LogP contribution is 2.20. The second-order valence-corrected chi connectivity index (χ2v) is 2.92. The average Bonchev–Trinajstić information content (AvgIpc) is 2.09. The molecule has 1 fully saturated rings. The Hall–Kier alpha value is -0.760. The molecule has 1 saturated heterocycles. The van der Waals surface area contributed by atoms with Crippen molar-refractivity contribution in [3.8, 4) is 0 Å². The van der Waals surface area contributed by atoms with E-state index in [1.165, 1.54) is 6.26 Å². The molecule has 2 atom stereocenters. The van der Waals surface area contributed by atoms with Crippen LogP contribution in [0.1, 0.15) is 19.3 Å². The maximum Gasteiger partial charge on any atom is 0.124 e. The van der Waals surface area contributed by atoms with E-state index in [4.69, 9.17) is 9.47 Å². The summed E-state index contributed by atoms with van der Waals surface area (Å²) >= 11 is 0. The minimum atomic E-state index is 0.175. The van der Waals surface area contributed by atoms with Crippen LogP contribution in [-0.4, -0.2) is 18.8 Å². The molecule has 0 unspecified atom stereocenters. The fourth-order valence-corrected chi connectivity index (χ4v) is 1.48. The quantitative estimate of drug-likeness (QED) is 0.473. The Kier molecular flexibility index (Phi) is 3.88. The molecular formula is C10H16O2. The Morgan fingerprint density at radius 1 is 1.50 bits per heavy atom. The number of ether oxygens (including phenoxy) is 2. The fraction of sp³-hybridized carbons (Fsp3) is 0.600. The van der Waals surface area contributed by atoms with E-state index in [2.05, 4.69) is 13.2 Å². The third-order valence-corrected chi connectivity index (χ3v) is 2.05. The first-order valence-corrected chi connectivity index (χ1v) is 4.37. The zero-order valence-electron chi connectivity index (χ0n) is 7.37. The van der Waals surface area contributed by atoms with Gasteiger partial charge in [0.05, 0.1) is 12.4 Å². The van der Waals surface area contributed by atoms with Crippen LogP contribution in [0.5, 0.6) is 0 Å². The van der Waals surface area contributed by atoms with Crippen molar-refractivity contribution in [3.05, 3.63) is 25.5 Å². The van der Waals surface area contributed by atoms with E-state index in [-0.39, 0.29) is 12.2 Å². The van der Waals surface area contributed by atoms with Crippen molar-refractivity contribution in [2.75, 3.05) is 6.61 Å². The smallest absolute Gasteiger partial charge is 0.124 e. The van der Waals surface area contributed by atoms with Gasteiger partial charge < -0.3 is 9.47 Å². The lowest BCUT2D eigenvalue weighted by Crippen LogP contribution is -2.34. The first-order valence-electron chi connectivity index (χ1n) is 4.37. The van der Waals surface area contributed by atoms with Crippen LogP contribution >= 0.6 is 0 Å². The second-order valence-electron chi connectivity index (χ2n) is 2.92. The molecule has 0 aliphatic carbocycles. The van der Waals surface area contributed by atoms with E-state index in [1.807, 2.05) is 6.08 Å². The molecule has 0 saturated carbocycles. The Bertz CT molecular complexity index is 136. The maximum absolute atomic E-state index is 5.54. The molecule has 0 N–H and O–H groups in total. The normalized spacial score (nSPS) is 29.3. The van der Waals surface area contributed by atoms with Crippen molar-refractivity contribution >= 4 is 0 Å². The largest absolute Gasteiger partial charge is 0.496 e. The monoisotopic (exact) mass is 168 g/mol. The number of hydrogen-bond donors (Lipinski definition) is 0. The van der Waals surface area contributed by atoms with Crippen molar-refractivity contribution in [2.45, 2.75) is 31.5 Å². The SMILES string of the molecule is C=CC[C@@H]1OCCC[C@H]1OC=C. The lowest BCUT2D eigenvalue weighted by molar-refractivity contribution is -0.0762. The van der Waals surface area contributed by atoms with Crippen LogP contribution in [0.25, 0.3) is 0 Å². The van der Waals surface area contributed by atoms with E-state index < -0.39 is 0 Å². The molecule has 0 aromatic carbocycles. The average molecular weight is 168 g/mol. The summed E-state index contributed by atoms with van der Waals surface area (Å²) in [7, 11) is 0. The zero-order valence-corrected chi connectivity index (χ0v) is 7.37. The highest BCUT2D eigenvalue weighted by Gasteiger charge is 2.25. The standard InChI is InChI=1S/C10H16O2/c1-3-6-9-10(11-4-2)7-5-8-12-9/h3-4,9-10H,1-2,5-8H2/t9-,10+/m0/s1. The summed E-state index contributed by atoms with van der Waals surface area (Å²) < 4.78 is 10.9. The molecule has 0 aromatic heterocycles. The fourth-order valence-electron chi connectivity index (χ4n) is 1.48. The molecular weight excluding hydrogens is 152 g/mol. The predicted octanol–water partition coefficient (Wildman–Crippen LogP) is 2.27. The van der Waals surface area contributed by atoms with Gasteiger partial charge in [0.15, 0.2) is 0 Å². The molecule has 0 amide bonds. The highest BCUT2D eigenvalue weighted by atomic mass is 16.5. The first kappa shape index (κ1) is 9.33. The molecule has 0 aromatic rings. The summed E-state index contributed by atoms with van der Waals surface area (Å²) in [6.07, 6.45) is 6.71. The zero-order chi connectivity index (χ0) is 8.81. The van der Waals surface area contributed by atoms with Crippen molar-refractivity contribution in [1.29, 1.82) is 0 Å². The molecule has 2 heteroatoms. The van der Waals surface area contributed by atoms with E-state index in [0.717, 1.165) is 25.9 Å². The van der Waals surface area contributed by atoms with E-state index in [0.29, 0.717) is 0 Å². The number of rotatable bonds is 4. The summed E-state index contributed by atoms with van der Waals surface area (Å²) in [4.78, 5) is 0. The Labute approximate surface area is 73.9 Å². The lowest BCUT2D eigenvalue weighted by Gasteiger charge is -2.30.